The molecule has 1 aromatic carbocycles. The summed E-state index contributed by atoms with van der Waals surface area (Å²) in [6, 6.07) is 9.31. The molecule has 0 aliphatic heterocycles. The summed E-state index contributed by atoms with van der Waals surface area (Å²) in [7, 11) is 0. The van der Waals surface area contributed by atoms with Crippen molar-refractivity contribution in [2.45, 2.75) is 13.5 Å². The number of halogens is 1. The number of nitrogens with zero attached hydrogens (tertiary/aromatic N) is 1. The number of benzene rings is 1. The molecule has 2 N–H and O–H groups in total. The van der Waals surface area contributed by atoms with Crippen LogP contribution in [0.25, 0.3) is 10.9 Å². The molecule has 3 rings (SSSR count). The number of H-pyrrole nitrogens is 1. The fourth-order valence-electron chi connectivity index (χ4n) is 2.38. The van der Waals surface area contributed by atoms with Crippen LogP contribution >= 0.6 is 11.6 Å². The molecule has 0 aliphatic carbocycles. The summed E-state index contributed by atoms with van der Waals surface area (Å²) < 4.78 is 0. The zero-order valence-electron chi connectivity index (χ0n) is 11.5. The topological polar surface area (TPSA) is 57.8 Å². The van der Waals surface area contributed by atoms with Crippen LogP contribution in [0.1, 0.15) is 21.6 Å². The van der Waals surface area contributed by atoms with Crippen molar-refractivity contribution < 1.29 is 4.79 Å². The van der Waals surface area contributed by atoms with Gasteiger partial charge in [0.25, 0.3) is 5.91 Å². The molecule has 2 heterocycles. The van der Waals surface area contributed by atoms with Crippen molar-refractivity contribution in [1.29, 1.82) is 0 Å². The standard InChI is InChI=1S/C16H14ClN3O/c1-10-14(12-5-2-6-13(17)15(12)20-10)16(21)19-9-11-4-3-7-18-8-11/h2-8,20H,9H2,1H3,(H,19,21). The van der Waals surface area contributed by atoms with E-state index in [1.807, 2.05) is 31.2 Å². The van der Waals surface area contributed by atoms with Gasteiger partial charge in [-0.2, -0.15) is 0 Å². The third-order valence-electron chi connectivity index (χ3n) is 3.37. The Bertz CT molecular complexity index is 796. The summed E-state index contributed by atoms with van der Waals surface area (Å²) in [6.45, 7) is 2.31. The van der Waals surface area contributed by atoms with Crippen molar-refractivity contribution >= 4 is 28.4 Å². The minimum absolute atomic E-state index is 0.120. The highest BCUT2D eigenvalue weighted by Gasteiger charge is 2.16. The van der Waals surface area contributed by atoms with Crippen molar-refractivity contribution in [3.05, 3.63) is 64.6 Å². The monoisotopic (exact) mass is 299 g/mol. The van der Waals surface area contributed by atoms with Crippen LogP contribution in [0.2, 0.25) is 5.02 Å². The molecule has 4 nitrogen and oxygen atoms in total. The highest BCUT2D eigenvalue weighted by Crippen LogP contribution is 2.27. The molecule has 21 heavy (non-hydrogen) atoms. The van der Waals surface area contributed by atoms with Crippen LogP contribution in [-0.2, 0) is 6.54 Å². The smallest absolute Gasteiger partial charge is 0.253 e. The number of carbonyl (C=O) groups is 1. The summed E-state index contributed by atoms with van der Waals surface area (Å²) in [5.74, 6) is -0.120. The van der Waals surface area contributed by atoms with Gasteiger partial charge in [-0.25, -0.2) is 0 Å². The first-order valence-corrected chi connectivity index (χ1v) is 6.98. The number of aryl methyl sites for hydroxylation is 1. The van der Waals surface area contributed by atoms with Crippen molar-refractivity contribution in [3.63, 3.8) is 0 Å². The third kappa shape index (κ3) is 2.62. The minimum Gasteiger partial charge on any atom is -0.357 e. The molecule has 5 heteroatoms. The number of rotatable bonds is 3. The maximum absolute atomic E-state index is 12.4. The summed E-state index contributed by atoms with van der Waals surface area (Å²) in [5.41, 5.74) is 3.20. The van der Waals surface area contributed by atoms with E-state index in [1.165, 1.54) is 0 Å². The van der Waals surface area contributed by atoms with E-state index in [1.54, 1.807) is 18.5 Å². The van der Waals surface area contributed by atoms with Gasteiger partial charge < -0.3 is 10.3 Å². The first-order valence-electron chi connectivity index (χ1n) is 6.60. The van der Waals surface area contributed by atoms with E-state index in [0.29, 0.717) is 17.1 Å². The van der Waals surface area contributed by atoms with Gasteiger partial charge in [0.2, 0.25) is 0 Å². The number of aromatic nitrogens is 2. The van der Waals surface area contributed by atoms with E-state index in [0.717, 1.165) is 22.2 Å². The lowest BCUT2D eigenvalue weighted by atomic mass is 10.1. The van der Waals surface area contributed by atoms with Crippen molar-refractivity contribution in [3.8, 4) is 0 Å². The zero-order valence-corrected chi connectivity index (χ0v) is 12.2. The van der Waals surface area contributed by atoms with Crippen LogP contribution in [0.5, 0.6) is 0 Å². The number of para-hydroxylation sites is 1. The van der Waals surface area contributed by atoms with Crippen LogP contribution in [0, 0.1) is 6.92 Å². The van der Waals surface area contributed by atoms with Crippen molar-refractivity contribution in [1.82, 2.24) is 15.3 Å². The number of hydrogen-bond donors (Lipinski definition) is 2. The number of pyridine rings is 1. The van der Waals surface area contributed by atoms with Gasteiger partial charge in [-0.3, -0.25) is 9.78 Å². The van der Waals surface area contributed by atoms with Gasteiger partial charge in [-0.1, -0.05) is 29.8 Å². The predicted molar refractivity (Wildman–Crippen MR) is 83.5 cm³/mol. The first-order chi connectivity index (χ1) is 10.2. The molecule has 3 aromatic rings. The number of hydrogen-bond acceptors (Lipinski definition) is 2. The van der Waals surface area contributed by atoms with E-state index >= 15 is 0 Å². The molecule has 0 bridgehead atoms. The number of fused-ring (bicyclic) bond motifs is 1. The Morgan fingerprint density at radius 3 is 2.95 bits per heavy atom. The quantitative estimate of drug-likeness (QED) is 0.778. The Kier molecular flexibility index (Phi) is 3.62. The molecule has 0 aliphatic rings. The Hall–Kier alpha value is -2.33. The van der Waals surface area contributed by atoms with Gasteiger partial charge in [0.1, 0.15) is 0 Å². The Morgan fingerprint density at radius 1 is 1.33 bits per heavy atom. The molecule has 0 spiro atoms. The van der Waals surface area contributed by atoms with Crippen LogP contribution < -0.4 is 5.32 Å². The molecule has 0 fully saturated rings. The van der Waals surface area contributed by atoms with E-state index < -0.39 is 0 Å². The maximum Gasteiger partial charge on any atom is 0.253 e. The summed E-state index contributed by atoms with van der Waals surface area (Å²) in [6.07, 6.45) is 3.44. The van der Waals surface area contributed by atoms with E-state index in [9.17, 15) is 4.79 Å². The van der Waals surface area contributed by atoms with Crippen LogP contribution in [0.3, 0.4) is 0 Å². The molecule has 0 saturated heterocycles. The van der Waals surface area contributed by atoms with E-state index in [4.69, 9.17) is 11.6 Å². The fourth-order valence-corrected chi connectivity index (χ4v) is 2.60. The zero-order chi connectivity index (χ0) is 14.8. The average molecular weight is 300 g/mol. The summed E-state index contributed by atoms with van der Waals surface area (Å²) in [4.78, 5) is 19.6. The second-order valence-corrected chi connectivity index (χ2v) is 5.24. The SMILES string of the molecule is Cc1[nH]c2c(Cl)cccc2c1C(=O)NCc1cccnc1. The lowest BCUT2D eigenvalue weighted by Gasteiger charge is -2.05. The minimum atomic E-state index is -0.120. The number of nitrogens with one attached hydrogen (secondary N) is 2. The maximum atomic E-state index is 12.4. The number of amides is 1. The largest absolute Gasteiger partial charge is 0.357 e. The molecule has 106 valence electrons. The molecule has 1 amide bonds. The normalized spacial score (nSPS) is 10.8. The van der Waals surface area contributed by atoms with Gasteiger partial charge in [0.15, 0.2) is 0 Å². The highest BCUT2D eigenvalue weighted by atomic mass is 35.5. The average Bonchev–Trinajstić information content (AvgIpc) is 2.84. The first kappa shape index (κ1) is 13.6. The Morgan fingerprint density at radius 2 is 2.19 bits per heavy atom. The van der Waals surface area contributed by atoms with Crippen LogP contribution in [0.15, 0.2) is 42.7 Å². The molecule has 0 radical (unpaired) electrons. The summed E-state index contributed by atoms with van der Waals surface area (Å²) >= 11 is 6.15. The Labute approximate surface area is 127 Å². The van der Waals surface area contributed by atoms with Gasteiger partial charge in [0.05, 0.1) is 16.1 Å². The molecule has 0 atom stereocenters. The van der Waals surface area contributed by atoms with E-state index in [2.05, 4.69) is 15.3 Å². The second kappa shape index (κ2) is 5.58. The molecule has 0 unspecified atom stereocenters. The van der Waals surface area contributed by atoms with Crippen LogP contribution in [0.4, 0.5) is 0 Å². The number of carbonyl (C=O) groups excluding carboxylic acids is 1. The summed E-state index contributed by atoms with van der Waals surface area (Å²) in [5, 5.41) is 4.36. The molecule has 0 saturated carbocycles. The molecule has 2 aromatic heterocycles. The van der Waals surface area contributed by atoms with Crippen LogP contribution in [-0.4, -0.2) is 15.9 Å². The third-order valence-corrected chi connectivity index (χ3v) is 3.69. The van der Waals surface area contributed by atoms with Gasteiger partial charge in [-0.15, -0.1) is 0 Å². The lowest BCUT2D eigenvalue weighted by molar-refractivity contribution is 0.0952. The lowest BCUT2D eigenvalue weighted by Crippen LogP contribution is -2.23. The van der Waals surface area contributed by atoms with E-state index in [-0.39, 0.29) is 5.91 Å². The number of aromatic amines is 1. The molecular formula is C16H14ClN3O. The highest BCUT2D eigenvalue weighted by molar-refractivity contribution is 6.35. The van der Waals surface area contributed by atoms with Crippen molar-refractivity contribution in [2.24, 2.45) is 0 Å². The fraction of sp³-hybridized carbons (Fsp3) is 0.125. The van der Waals surface area contributed by atoms with Crippen molar-refractivity contribution in [2.75, 3.05) is 0 Å². The van der Waals surface area contributed by atoms with Gasteiger partial charge in [-0.05, 0) is 24.6 Å². The molecular weight excluding hydrogens is 286 g/mol. The van der Waals surface area contributed by atoms with Gasteiger partial charge in [0, 0.05) is 30.0 Å². The second-order valence-electron chi connectivity index (χ2n) is 4.83. The Balaban J connectivity index is 1.88. The predicted octanol–water partition coefficient (Wildman–Crippen LogP) is 3.45. The van der Waals surface area contributed by atoms with Gasteiger partial charge >= 0.3 is 0 Å².